The maximum Gasteiger partial charge on any atom is 0.313 e. The van der Waals surface area contributed by atoms with E-state index >= 15 is 0 Å². The van der Waals surface area contributed by atoms with E-state index in [-0.39, 0.29) is 10.3 Å². The van der Waals surface area contributed by atoms with Gasteiger partial charge in [-0.3, -0.25) is 0 Å². The molecule has 0 saturated heterocycles. The summed E-state index contributed by atoms with van der Waals surface area (Å²) in [7, 11) is 2.08. The lowest BCUT2D eigenvalue weighted by molar-refractivity contribution is -0.655. The second-order valence-electron chi connectivity index (χ2n) is 3.19. The number of aromatic nitrogens is 6. The molecule has 0 spiro atoms. The summed E-state index contributed by atoms with van der Waals surface area (Å²) in [6.07, 6.45) is 2.25. The Balaban J connectivity index is 2.16. The van der Waals surface area contributed by atoms with Crippen molar-refractivity contribution in [3.05, 3.63) is 34.7 Å². The van der Waals surface area contributed by atoms with E-state index in [1.807, 2.05) is 0 Å². The largest absolute Gasteiger partial charge is 0.740 e. The molecule has 2 rings (SSSR count). The molecular weight excluding hydrogens is 276 g/mol. The minimum atomic E-state index is 0.198. The summed E-state index contributed by atoms with van der Waals surface area (Å²) >= 11 is 0. The van der Waals surface area contributed by atoms with Crippen molar-refractivity contribution in [1.82, 2.24) is 19.9 Å². The van der Waals surface area contributed by atoms with Gasteiger partial charge in [-0.05, 0) is 0 Å². The molecular formula is C8H8N6O2S2. The Morgan fingerprint density at radius 3 is 1.67 bits per heavy atom. The van der Waals surface area contributed by atoms with E-state index in [1.54, 1.807) is 13.8 Å². The second-order valence-corrected chi connectivity index (χ2v) is 5.25. The summed E-state index contributed by atoms with van der Waals surface area (Å²) in [6.45, 7) is 3.36. The van der Waals surface area contributed by atoms with Crippen molar-refractivity contribution in [2.24, 2.45) is 0 Å². The molecule has 0 N–H and O–H groups in total. The van der Waals surface area contributed by atoms with Crippen molar-refractivity contribution in [1.29, 1.82) is 0 Å². The van der Waals surface area contributed by atoms with Crippen LogP contribution >= 0.6 is 21.6 Å². The minimum absolute atomic E-state index is 0.198. The molecule has 0 radical (unpaired) electrons. The van der Waals surface area contributed by atoms with Gasteiger partial charge in [-0.25, -0.2) is 9.46 Å². The van der Waals surface area contributed by atoms with E-state index in [2.05, 4.69) is 19.9 Å². The molecule has 2 aromatic rings. The van der Waals surface area contributed by atoms with Gasteiger partial charge in [0.15, 0.2) is 0 Å². The molecule has 10 heteroatoms. The molecule has 8 nitrogen and oxygen atoms in total. The number of nitrogens with zero attached hydrogens (tertiary/aromatic N) is 6. The van der Waals surface area contributed by atoms with Crippen LogP contribution in [0.2, 0.25) is 0 Å². The number of hydrogen-bond acceptors (Lipinski definition) is 8. The number of aryl methyl sites for hydroxylation is 2. The van der Waals surface area contributed by atoms with E-state index in [0.717, 1.165) is 34.2 Å². The zero-order chi connectivity index (χ0) is 13.1. The Hall–Kier alpha value is -1.68. The van der Waals surface area contributed by atoms with E-state index in [1.165, 1.54) is 0 Å². The molecule has 0 atom stereocenters. The van der Waals surface area contributed by atoms with Crippen LogP contribution in [-0.4, -0.2) is 19.9 Å². The van der Waals surface area contributed by atoms with Gasteiger partial charge in [0.2, 0.25) is 12.7 Å². The fourth-order valence-corrected chi connectivity index (χ4v) is 2.83. The van der Waals surface area contributed by atoms with Gasteiger partial charge in [0.1, 0.15) is 0 Å². The van der Waals surface area contributed by atoms with Gasteiger partial charge in [-0.2, -0.15) is 0 Å². The van der Waals surface area contributed by atoms with Crippen molar-refractivity contribution in [3.63, 3.8) is 0 Å². The maximum absolute atomic E-state index is 11.4. The zero-order valence-electron chi connectivity index (χ0n) is 9.47. The Labute approximate surface area is 110 Å². The Kier molecular flexibility index (Phi) is 3.77. The first kappa shape index (κ1) is 12.8. The molecule has 0 amide bonds. The third-order valence-electron chi connectivity index (χ3n) is 1.78. The van der Waals surface area contributed by atoms with Crippen LogP contribution in [0.15, 0.2) is 23.0 Å². The lowest BCUT2D eigenvalue weighted by Gasteiger charge is -2.06. The lowest BCUT2D eigenvalue weighted by Crippen LogP contribution is -2.32. The van der Waals surface area contributed by atoms with Crippen molar-refractivity contribution in [2.75, 3.05) is 0 Å². The van der Waals surface area contributed by atoms with Gasteiger partial charge in [-0.15, -0.1) is 0 Å². The molecule has 0 aliphatic rings. The van der Waals surface area contributed by atoms with E-state index in [9.17, 15) is 10.4 Å². The van der Waals surface area contributed by atoms with Crippen molar-refractivity contribution < 1.29 is 9.46 Å². The summed E-state index contributed by atoms with van der Waals surface area (Å²) in [5.41, 5.74) is 0. The minimum Gasteiger partial charge on any atom is -0.740 e. The fourth-order valence-electron chi connectivity index (χ4n) is 0.989. The van der Waals surface area contributed by atoms with Crippen LogP contribution in [0.3, 0.4) is 0 Å². The monoisotopic (exact) mass is 284 g/mol. The van der Waals surface area contributed by atoms with Crippen molar-refractivity contribution in [2.45, 2.75) is 24.2 Å². The van der Waals surface area contributed by atoms with Crippen LogP contribution in [-0.2, 0) is 0 Å². The van der Waals surface area contributed by atoms with Crippen LogP contribution in [0, 0.1) is 24.3 Å². The van der Waals surface area contributed by atoms with Crippen LogP contribution in [0.4, 0.5) is 0 Å². The molecule has 0 aliphatic heterocycles. The zero-order valence-corrected chi connectivity index (χ0v) is 11.1. The highest BCUT2D eigenvalue weighted by Gasteiger charge is 2.15. The predicted molar refractivity (Wildman–Crippen MR) is 63.2 cm³/mol. The summed E-state index contributed by atoms with van der Waals surface area (Å²) in [6, 6.07) is 0. The van der Waals surface area contributed by atoms with Gasteiger partial charge < -0.3 is 10.4 Å². The van der Waals surface area contributed by atoms with Crippen LogP contribution in [0.25, 0.3) is 0 Å². The molecule has 2 aromatic heterocycles. The Morgan fingerprint density at radius 2 is 1.28 bits per heavy atom. The van der Waals surface area contributed by atoms with Gasteiger partial charge in [0.25, 0.3) is 11.6 Å². The fraction of sp³-hybridized carbons (Fsp3) is 0.250. The molecule has 0 fully saturated rings. The van der Waals surface area contributed by atoms with E-state index in [4.69, 9.17) is 0 Å². The highest BCUT2D eigenvalue weighted by Crippen LogP contribution is 2.31. The van der Waals surface area contributed by atoms with Gasteiger partial charge in [0.05, 0.1) is 0 Å². The summed E-state index contributed by atoms with van der Waals surface area (Å²) < 4.78 is 1.07. The van der Waals surface area contributed by atoms with Gasteiger partial charge >= 0.3 is 10.3 Å². The SMILES string of the molecule is Cc1nc[n+]([O-])c(SSc2nc(C)nc[n+]2[O-])n1. The maximum atomic E-state index is 11.4. The highest BCUT2D eigenvalue weighted by atomic mass is 33.1. The summed E-state index contributed by atoms with van der Waals surface area (Å²) in [4.78, 5) is 15.4. The molecule has 18 heavy (non-hydrogen) atoms. The van der Waals surface area contributed by atoms with Gasteiger partial charge in [-0.1, -0.05) is 19.9 Å². The standard InChI is InChI=1S/C8H8N6O2S2/c1-5-9-3-13(15)7(11-5)17-18-8-12-6(2)10-4-14(8)16/h3-4H,1-2H3. The van der Waals surface area contributed by atoms with Gasteiger partial charge in [0, 0.05) is 35.4 Å². The molecule has 0 saturated carbocycles. The third-order valence-corrected chi connectivity index (χ3v) is 3.85. The van der Waals surface area contributed by atoms with Crippen LogP contribution < -0.4 is 9.46 Å². The topological polar surface area (TPSA) is 105 Å². The first-order valence-corrected chi connectivity index (χ1v) is 6.91. The molecule has 0 bridgehead atoms. The number of hydrogen-bond donors (Lipinski definition) is 0. The molecule has 2 heterocycles. The van der Waals surface area contributed by atoms with Crippen LogP contribution in [0.1, 0.15) is 11.6 Å². The summed E-state index contributed by atoms with van der Waals surface area (Å²) in [5.74, 6) is 0.970. The van der Waals surface area contributed by atoms with Crippen LogP contribution in [0.5, 0.6) is 0 Å². The van der Waals surface area contributed by atoms with Crippen molar-refractivity contribution in [3.8, 4) is 0 Å². The average Bonchev–Trinajstić information content (AvgIpc) is 2.34. The average molecular weight is 284 g/mol. The first-order chi connectivity index (χ1) is 8.56. The number of rotatable bonds is 3. The normalized spacial score (nSPS) is 10.6. The molecule has 0 aromatic carbocycles. The molecule has 0 unspecified atom stereocenters. The third kappa shape index (κ3) is 2.96. The van der Waals surface area contributed by atoms with E-state index in [0.29, 0.717) is 21.1 Å². The van der Waals surface area contributed by atoms with E-state index < -0.39 is 0 Å². The first-order valence-electron chi connectivity index (χ1n) is 4.76. The smallest absolute Gasteiger partial charge is 0.313 e. The predicted octanol–water partition coefficient (Wildman–Crippen LogP) is -0.0504. The quantitative estimate of drug-likeness (QED) is 0.439. The second kappa shape index (κ2) is 5.31. The molecule has 0 aliphatic carbocycles. The Morgan fingerprint density at radius 1 is 0.889 bits per heavy atom. The Bertz CT molecular complexity index is 530. The van der Waals surface area contributed by atoms with Crippen molar-refractivity contribution >= 4 is 21.6 Å². The lowest BCUT2D eigenvalue weighted by atomic mass is 10.7. The molecule has 94 valence electrons. The summed E-state index contributed by atoms with van der Waals surface area (Å²) in [5, 5.41) is 23.2. The highest BCUT2D eigenvalue weighted by molar-refractivity contribution is 8.76.